The molecule has 150 valence electrons. The molecule has 8 heteroatoms. The second-order valence-electron chi connectivity index (χ2n) is 6.04. The molecule has 2 rings (SSSR count). The summed E-state index contributed by atoms with van der Waals surface area (Å²) in [5.74, 6) is -0.905. The number of halogens is 2. The fraction of sp³-hybridized carbons (Fsp3) is 0.300. The highest BCUT2D eigenvalue weighted by atomic mass is 35.5. The van der Waals surface area contributed by atoms with Crippen molar-refractivity contribution in [3.05, 3.63) is 64.4 Å². The van der Waals surface area contributed by atoms with Gasteiger partial charge in [0.15, 0.2) is 6.61 Å². The van der Waals surface area contributed by atoms with Crippen molar-refractivity contribution in [2.24, 2.45) is 0 Å². The zero-order valence-corrected chi connectivity index (χ0v) is 16.0. The van der Waals surface area contributed by atoms with Gasteiger partial charge in [0.05, 0.1) is 11.6 Å². The number of aliphatic hydroxyl groups excluding tert-OH is 1. The van der Waals surface area contributed by atoms with Crippen molar-refractivity contribution in [3.63, 3.8) is 0 Å². The van der Waals surface area contributed by atoms with Gasteiger partial charge in [-0.05, 0) is 42.7 Å². The highest BCUT2D eigenvalue weighted by molar-refractivity contribution is 6.30. The van der Waals surface area contributed by atoms with Crippen LogP contribution in [0.3, 0.4) is 0 Å². The maximum absolute atomic E-state index is 13.3. The van der Waals surface area contributed by atoms with E-state index < -0.39 is 5.82 Å². The van der Waals surface area contributed by atoms with Crippen LogP contribution in [0.25, 0.3) is 0 Å². The second kappa shape index (κ2) is 11.3. The van der Waals surface area contributed by atoms with E-state index in [0.717, 1.165) is 6.07 Å². The van der Waals surface area contributed by atoms with Crippen molar-refractivity contribution < 1.29 is 23.8 Å². The first-order valence-electron chi connectivity index (χ1n) is 8.82. The average molecular weight is 409 g/mol. The zero-order chi connectivity index (χ0) is 20.4. The number of rotatable bonds is 10. The van der Waals surface area contributed by atoms with Crippen molar-refractivity contribution in [1.82, 2.24) is 10.6 Å². The lowest BCUT2D eigenvalue weighted by Crippen LogP contribution is -2.30. The summed E-state index contributed by atoms with van der Waals surface area (Å²) in [6.07, 6.45) is 1.37. The van der Waals surface area contributed by atoms with E-state index in [1.165, 1.54) is 12.1 Å². The molecule has 0 radical (unpaired) electrons. The summed E-state index contributed by atoms with van der Waals surface area (Å²) >= 11 is 5.58. The molecule has 2 aromatic carbocycles. The van der Waals surface area contributed by atoms with E-state index in [9.17, 15) is 14.0 Å². The number of ether oxygens (including phenoxy) is 1. The maximum atomic E-state index is 13.3. The van der Waals surface area contributed by atoms with Crippen LogP contribution in [0.4, 0.5) is 4.39 Å². The van der Waals surface area contributed by atoms with Gasteiger partial charge < -0.3 is 20.5 Å². The van der Waals surface area contributed by atoms with E-state index in [-0.39, 0.29) is 35.8 Å². The third-order valence-corrected chi connectivity index (χ3v) is 4.15. The summed E-state index contributed by atoms with van der Waals surface area (Å²) in [4.78, 5) is 23.7. The maximum Gasteiger partial charge on any atom is 0.257 e. The van der Waals surface area contributed by atoms with E-state index >= 15 is 0 Å². The van der Waals surface area contributed by atoms with Crippen LogP contribution in [0.2, 0.25) is 5.02 Å². The molecule has 0 aromatic heterocycles. The van der Waals surface area contributed by atoms with Crippen LogP contribution in [0, 0.1) is 5.82 Å². The summed E-state index contributed by atoms with van der Waals surface area (Å²) in [6.45, 7) is 0.572. The van der Waals surface area contributed by atoms with Gasteiger partial charge in [-0.2, -0.15) is 0 Å². The largest absolute Gasteiger partial charge is 0.484 e. The number of unbranched alkanes of at least 4 members (excludes halogenated alkanes) is 1. The van der Waals surface area contributed by atoms with Crippen molar-refractivity contribution in [1.29, 1.82) is 0 Å². The van der Waals surface area contributed by atoms with Gasteiger partial charge in [0.1, 0.15) is 11.6 Å². The predicted molar refractivity (Wildman–Crippen MR) is 104 cm³/mol. The Morgan fingerprint density at radius 1 is 1.07 bits per heavy atom. The Morgan fingerprint density at radius 2 is 1.82 bits per heavy atom. The molecule has 3 N–H and O–H groups in total. The lowest BCUT2D eigenvalue weighted by Gasteiger charge is -2.09. The minimum absolute atomic E-state index is 0.00926. The van der Waals surface area contributed by atoms with Crippen LogP contribution in [0.15, 0.2) is 42.5 Å². The first-order valence-corrected chi connectivity index (χ1v) is 9.20. The number of amides is 2. The van der Waals surface area contributed by atoms with Crippen molar-refractivity contribution in [2.75, 3.05) is 19.7 Å². The highest BCUT2D eigenvalue weighted by Gasteiger charge is 2.07. The van der Waals surface area contributed by atoms with Gasteiger partial charge in [-0.15, -0.1) is 0 Å². The number of aliphatic hydroxyl groups is 1. The number of benzene rings is 2. The summed E-state index contributed by atoms with van der Waals surface area (Å²) < 4.78 is 18.5. The number of hydrogen-bond donors (Lipinski definition) is 3. The molecule has 0 bridgehead atoms. The van der Waals surface area contributed by atoms with Crippen molar-refractivity contribution >= 4 is 23.4 Å². The molecule has 0 atom stereocenters. The molecular weight excluding hydrogens is 387 g/mol. The molecule has 0 heterocycles. The first kappa shape index (κ1) is 21.7. The van der Waals surface area contributed by atoms with Gasteiger partial charge in [0, 0.05) is 24.7 Å². The fourth-order valence-corrected chi connectivity index (χ4v) is 2.48. The van der Waals surface area contributed by atoms with Crippen molar-refractivity contribution in [3.8, 4) is 5.75 Å². The SMILES string of the molecule is O=C(COc1ccc(Cl)c(F)c1)NCCCCNC(=O)c1cccc(CO)c1. The monoisotopic (exact) mass is 408 g/mol. The molecule has 0 fully saturated rings. The fourth-order valence-electron chi connectivity index (χ4n) is 2.36. The van der Waals surface area contributed by atoms with Gasteiger partial charge in [-0.1, -0.05) is 23.7 Å². The van der Waals surface area contributed by atoms with Crippen LogP contribution in [0.1, 0.15) is 28.8 Å². The van der Waals surface area contributed by atoms with Gasteiger partial charge in [-0.3, -0.25) is 9.59 Å². The molecule has 0 aliphatic carbocycles. The lowest BCUT2D eigenvalue weighted by atomic mass is 10.1. The number of carbonyl (C=O) groups is 2. The van der Waals surface area contributed by atoms with E-state index in [1.54, 1.807) is 24.3 Å². The Morgan fingerprint density at radius 3 is 2.54 bits per heavy atom. The molecule has 0 saturated heterocycles. The molecule has 6 nitrogen and oxygen atoms in total. The lowest BCUT2D eigenvalue weighted by molar-refractivity contribution is -0.123. The quantitative estimate of drug-likeness (QED) is 0.527. The standard InChI is InChI=1S/C20H22ClFN2O4/c21-17-7-6-16(11-18(17)22)28-13-19(26)23-8-1-2-9-24-20(27)15-5-3-4-14(10-15)12-25/h3-7,10-11,25H,1-2,8-9,12-13H2,(H,23,26)(H,24,27). The van der Waals surface area contributed by atoms with Crippen LogP contribution in [0.5, 0.6) is 5.75 Å². The predicted octanol–water partition coefficient (Wildman–Crippen LogP) is 2.68. The Kier molecular flexibility index (Phi) is 8.71. The first-order chi connectivity index (χ1) is 13.5. The van der Waals surface area contributed by atoms with E-state index in [1.807, 2.05) is 0 Å². The van der Waals surface area contributed by atoms with Crippen LogP contribution >= 0.6 is 11.6 Å². The Hall–Kier alpha value is -2.64. The van der Waals surface area contributed by atoms with E-state index in [0.29, 0.717) is 37.1 Å². The van der Waals surface area contributed by atoms with Crippen LogP contribution < -0.4 is 15.4 Å². The zero-order valence-electron chi connectivity index (χ0n) is 15.2. The van der Waals surface area contributed by atoms with Gasteiger partial charge >= 0.3 is 0 Å². The highest BCUT2D eigenvalue weighted by Crippen LogP contribution is 2.20. The average Bonchev–Trinajstić information content (AvgIpc) is 2.71. The number of carbonyl (C=O) groups excluding carboxylic acids is 2. The summed E-state index contributed by atoms with van der Waals surface area (Å²) in [6, 6.07) is 10.7. The van der Waals surface area contributed by atoms with Gasteiger partial charge in [-0.25, -0.2) is 4.39 Å². The van der Waals surface area contributed by atoms with Gasteiger partial charge in [0.2, 0.25) is 0 Å². The van der Waals surface area contributed by atoms with Crippen LogP contribution in [-0.2, 0) is 11.4 Å². The summed E-state index contributed by atoms with van der Waals surface area (Å²) in [7, 11) is 0. The Balaban J connectivity index is 1.57. The molecule has 2 aromatic rings. The van der Waals surface area contributed by atoms with Crippen LogP contribution in [-0.4, -0.2) is 36.6 Å². The molecule has 2 amide bonds. The molecule has 0 aliphatic rings. The third-order valence-electron chi connectivity index (χ3n) is 3.84. The summed E-state index contributed by atoms with van der Waals surface area (Å²) in [5, 5.41) is 14.6. The number of nitrogens with one attached hydrogen (secondary N) is 2. The normalized spacial score (nSPS) is 10.4. The molecular formula is C20H22ClFN2O4. The number of hydrogen-bond acceptors (Lipinski definition) is 4. The molecule has 0 unspecified atom stereocenters. The summed E-state index contributed by atoms with van der Waals surface area (Å²) in [5.41, 5.74) is 1.18. The minimum atomic E-state index is -0.607. The smallest absolute Gasteiger partial charge is 0.257 e. The molecule has 0 saturated carbocycles. The van der Waals surface area contributed by atoms with Gasteiger partial charge in [0.25, 0.3) is 11.8 Å². The topological polar surface area (TPSA) is 87.7 Å². The second-order valence-corrected chi connectivity index (χ2v) is 6.44. The van der Waals surface area contributed by atoms with Crippen molar-refractivity contribution in [2.45, 2.75) is 19.4 Å². The Labute approximate surface area is 167 Å². The molecule has 0 spiro atoms. The molecule has 0 aliphatic heterocycles. The Bertz CT molecular complexity index is 817. The minimum Gasteiger partial charge on any atom is -0.484 e. The van der Waals surface area contributed by atoms with E-state index in [2.05, 4.69) is 10.6 Å². The van der Waals surface area contributed by atoms with E-state index in [4.69, 9.17) is 21.4 Å². The third kappa shape index (κ3) is 7.17. The molecule has 28 heavy (non-hydrogen) atoms.